The third-order valence-corrected chi connectivity index (χ3v) is 4.02. The molecule has 0 unspecified atom stereocenters. The van der Waals surface area contributed by atoms with Gasteiger partial charge in [-0.05, 0) is 25.0 Å². The maximum absolute atomic E-state index is 12.6. The van der Waals surface area contributed by atoms with Crippen molar-refractivity contribution in [3.63, 3.8) is 0 Å². The summed E-state index contributed by atoms with van der Waals surface area (Å²) in [6, 6.07) is 7.09. The molecular formula is C16H19N3O3. The van der Waals surface area contributed by atoms with Crippen LogP contribution in [0.5, 0.6) is 0 Å². The summed E-state index contributed by atoms with van der Waals surface area (Å²) in [6.45, 7) is 1.26. The zero-order valence-electron chi connectivity index (χ0n) is 12.4. The van der Waals surface area contributed by atoms with Gasteiger partial charge in [-0.2, -0.15) is 0 Å². The molecule has 1 aliphatic rings. The molecule has 1 fully saturated rings. The monoisotopic (exact) mass is 301 g/mol. The Balaban J connectivity index is 2.17. The third-order valence-electron chi connectivity index (χ3n) is 4.02. The molecule has 0 spiro atoms. The normalized spacial score (nSPS) is 15.7. The Morgan fingerprint density at radius 1 is 1.14 bits per heavy atom. The van der Waals surface area contributed by atoms with E-state index in [9.17, 15) is 9.59 Å². The number of benzene rings is 1. The van der Waals surface area contributed by atoms with Crippen molar-refractivity contribution in [3.05, 3.63) is 34.6 Å². The van der Waals surface area contributed by atoms with E-state index in [1.54, 1.807) is 18.2 Å². The standard InChI is InChI=1S/C16H19N3O3/c20-14(21)11-19-15(22)12-7-3-4-8-13(12)17-16(19)18-9-5-1-2-6-10-18/h3-4,7-8H,1-2,5-6,9-11H2,(H,20,21). The van der Waals surface area contributed by atoms with Crippen LogP contribution in [0.2, 0.25) is 0 Å². The summed E-state index contributed by atoms with van der Waals surface area (Å²) >= 11 is 0. The first kappa shape index (κ1) is 14.6. The zero-order chi connectivity index (χ0) is 15.5. The Labute approximate surface area is 128 Å². The van der Waals surface area contributed by atoms with Gasteiger partial charge in [0.05, 0.1) is 10.9 Å². The molecule has 0 amide bonds. The molecule has 0 bridgehead atoms. The highest BCUT2D eigenvalue weighted by Crippen LogP contribution is 2.19. The number of aromatic nitrogens is 2. The Morgan fingerprint density at radius 2 is 1.82 bits per heavy atom. The van der Waals surface area contributed by atoms with Crippen LogP contribution in [-0.2, 0) is 11.3 Å². The maximum atomic E-state index is 12.6. The number of carboxylic acids is 1. The van der Waals surface area contributed by atoms with Crippen molar-refractivity contribution < 1.29 is 9.90 Å². The summed E-state index contributed by atoms with van der Waals surface area (Å²) in [5.74, 6) is -0.553. The highest BCUT2D eigenvalue weighted by Gasteiger charge is 2.19. The van der Waals surface area contributed by atoms with E-state index >= 15 is 0 Å². The van der Waals surface area contributed by atoms with Gasteiger partial charge in [0.15, 0.2) is 0 Å². The molecule has 2 heterocycles. The van der Waals surface area contributed by atoms with E-state index in [-0.39, 0.29) is 12.1 Å². The van der Waals surface area contributed by atoms with Gasteiger partial charge >= 0.3 is 5.97 Å². The fourth-order valence-corrected chi connectivity index (χ4v) is 2.95. The van der Waals surface area contributed by atoms with Crippen LogP contribution in [0.4, 0.5) is 5.95 Å². The average molecular weight is 301 g/mol. The lowest BCUT2D eigenvalue weighted by molar-refractivity contribution is -0.137. The number of hydrogen-bond acceptors (Lipinski definition) is 4. The molecule has 0 saturated carbocycles. The Kier molecular flexibility index (Phi) is 4.09. The number of anilines is 1. The van der Waals surface area contributed by atoms with Crippen molar-refractivity contribution in [1.82, 2.24) is 9.55 Å². The quantitative estimate of drug-likeness (QED) is 0.936. The van der Waals surface area contributed by atoms with Gasteiger partial charge in [-0.15, -0.1) is 0 Å². The number of hydrogen-bond donors (Lipinski definition) is 1. The highest BCUT2D eigenvalue weighted by atomic mass is 16.4. The minimum Gasteiger partial charge on any atom is -0.480 e. The lowest BCUT2D eigenvalue weighted by atomic mass is 10.2. The molecule has 22 heavy (non-hydrogen) atoms. The molecule has 1 N–H and O–H groups in total. The Hall–Kier alpha value is -2.37. The number of carbonyl (C=O) groups is 1. The van der Waals surface area contributed by atoms with Gasteiger partial charge in [-0.25, -0.2) is 4.98 Å². The molecule has 6 heteroatoms. The number of aliphatic carboxylic acids is 1. The number of para-hydroxylation sites is 1. The summed E-state index contributed by atoms with van der Waals surface area (Å²) in [6.07, 6.45) is 4.39. The van der Waals surface area contributed by atoms with Crippen LogP contribution in [-0.4, -0.2) is 33.7 Å². The smallest absolute Gasteiger partial charge is 0.323 e. The highest BCUT2D eigenvalue weighted by molar-refractivity contribution is 5.79. The molecule has 3 rings (SSSR count). The molecule has 116 valence electrons. The minimum absolute atomic E-state index is 0.285. The van der Waals surface area contributed by atoms with Crippen molar-refractivity contribution in [2.24, 2.45) is 0 Å². The van der Waals surface area contributed by atoms with Crippen molar-refractivity contribution in [2.45, 2.75) is 32.2 Å². The third kappa shape index (κ3) is 2.81. The van der Waals surface area contributed by atoms with E-state index in [2.05, 4.69) is 4.98 Å². The molecular weight excluding hydrogens is 282 g/mol. The van der Waals surface area contributed by atoms with Crippen LogP contribution in [0.15, 0.2) is 29.1 Å². The predicted molar refractivity (Wildman–Crippen MR) is 84.3 cm³/mol. The molecule has 2 aromatic rings. The Bertz CT molecular complexity index is 746. The first-order valence-corrected chi connectivity index (χ1v) is 7.63. The molecule has 1 saturated heterocycles. The van der Waals surface area contributed by atoms with Crippen LogP contribution >= 0.6 is 0 Å². The Morgan fingerprint density at radius 3 is 2.50 bits per heavy atom. The van der Waals surface area contributed by atoms with Crippen LogP contribution in [0, 0.1) is 0 Å². The lowest BCUT2D eigenvalue weighted by Crippen LogP contribution is -2.35. The summed E-state index contributed by atoms with van der Waals surface area (Å²) in [5, 5.41) is 9.60. The average Bonchev–Trinajstić information content (AvgIpc) is 2.79. The van der Waals surface area contributed by atoms with Gasteiger partial charge in [-0.1, -0.05) is 25.0 Å². The van der Waals surface area contributed by atoms with Crippen LogP contribution in [0.3, 0.4) is 0 Å². The predicted octanol–water partition coefficient (Wildman–Crippen LogP) is 1.86. The fourth-order valence-electron chi connectivity index (χ4n) is 2.95. The summed E-state index contributed by atoms with van der Waals surface area (Å²) in [5.41, 5.74) is 0.334. The summed E-state index contributed by atoms with van der Waals surface area (Å²) in [4.78, 5) is 30.4. The van der Waals surface area contributed by atoms with Crippen molar-refractivity contribution in [1.29, 1.82) is 0 Å². The van der Waals surface area contributed by atoms with Gasteiger partial charge in [0.1, 0.15) is 6.54 Å². The van der Waals surface area contributed by atoms with Crippen LogP contribution < -0.4 is 10.5 Å². The van der Waals surface area contributed by atoms with Gasteiger partial charge in [0, 0.05) is 13.1 Å². The van der Waals surface area contributed by atoms with Crippen molar-refractivity contribution >= 4 is 22.8 Å². The molecule has 1 aromatic heterocycles. The summed E-state index contributed by atoms with van der Waals surface area (Å²) < 4.78 is 1.29. The van der Waals surface area contributed by atoms with Gasteiger partial charge < -0.3 is 10.0 Å². The van der Waals surface area contributed by atoms with Crippen molar-refractivity contribution in [3.8, 4) is 0 Å². The van der Waals surface area contributed by atoms with Crippen LogP contribution in [0.25, 0.3) is 10.9 Å². The van der Waals surface area contributed by atoms with E-state index in [0.29, 0.717) is 16.9 Å². The first-order chi connectivity index (χ1) is 10.7. The zero-order valence-corrected chi connectivity index (χ0v) is 12.4. The van der Waals surface area contributed by atoms with E-state index in [0.717, 1.165) is 38.8 Å². The lowest BCUT2D eigenvalue weighted by Gasteiger charge is -2.24. The van der Waals surface area contributed by atoms with E-state index < -0.39 is 5.97 Å². The largest absolute Gasteiger partial charge is 0.480 e. The van der Waals surface area contributed by atoms with Crippen molar-refractivity contribution in [2.75, 3.05) is 18.0 Å². The first-order valence-electron chi connectivity index (χ1n) is 7.63. The maximum Gasteiger partial charge on any atom is 0.323 e. The minimum atomic E-state index is -1.03. The van der Waals surface area contributed by atoms with Crippen LogP contribution in [0.1, 0.15) is 25.7 Å². The second-order valence-electron chi connectivity index (χ2n) is 5.62. The second kappa shape index (κ2) is 6.17. The molecule has 0 atom stereocenters. The number of nitrogens with zero attached hydrogens (tertiary/aromatic N) is 3. The molecule has 0 radical (unpaired) electrons. The summed E-state index contributed by atoms with van der Waals surface area (Å²) in [7, 11) is 0. The number of rotatable bonds is 3. The molecule has 6 nitrogen and oxygen atoms in total. The number of fused-ring (bicyclic) bond motifs is 1. The molecule has 1 aliphatic heterocycles. The SMILES string of the molecule is O=C(O)Cn1c(N2CCCCCC2)nc2ccccc2c1=O. The second-order valence-corrected chi connectivity index (χ2v) is 5.62. The topological polar surface area (TPSA) is 75.4 Å². The van der Waals surface area contributed by atoms with E-state index in [4.69, 9.17) is 5.11 Å². The molecule has 0 aliphatic carbocycles. The van der Waals surface area contributed by atoms with Gasteiger partial charge in [0.2, 0.25) is 5.95 Å². The van der Waals surface area contributed by atoms with Gasteiger partial charge in [0.25, 0.3) is 5.56 Å². The van der Waals surface area contributed by atoms with Gasteiger partial charge in [-0.3, -0.25) is 14.2 Å². The number of carboxylic acid groups (broad SMARTS) is 1. The van der Waals surface area contributed by atoms with E-state index in [1.807, 2.05) is 11.0 Å². The fraction of sp³-hybridized carbons (Fsp3) is 0.438. The van der Waals surface area contributed by atoms with E-state index in [1.165, 1.54) is 4.57 Å². The molecule has 1 aromatic carbocycles.